The van der Waals surface area contributed by atoms with Crippen LogP contribution in [-0.2, 0) is 20.5 Å². The Morgan fingerprint density at radius 2 is 1.80 bits per heavy atom. The fourth-order valence-electron chi connectivity index (χ4n) is 7.44. The van der Waals surface area contributed by atoms with Crippen LogP contribution in [0.4, 0.5) is 0 Å². The molecule has 10 heteroatoms. The summed E-state index contributed by atoms with van der Waals surface area (Å²) >= 11 is 1.32. The molecule has 1 saturated heterocycles. The molecule has 3 aliphatic carbocycles. The minimum atomic E-state index is -0.994. The molecule has 4 fully saturated rings. The molecule has 6 rings (SSSR count). The maximum atomic E-state index is 13.9. The molecule has 2 heterocycles. The van der Waals surface area contributed by atoms with E-state index in [0.29, 0.717) is 28.7 Å². The van der Waals surface area contributed by atoms with Gasteiger partial charge in [-0.1, -0.05) is 59.2 Å². The van der Waals surface area contributed by atoms with Gasteiger partial charge in [-0.3, -0.25) is 14.4 Å². The number of carbonyl (C=O) groups is 3. The first kappa shape index (κ1) is 32.7. The van der Waals surface area contributed by atoms with Crippen molar-refractivity contribution in [1.29, 1.82) is 0 Å². The highest BCUT2D eigenvalue weighted by Gasteiger charge is 2.68. The molecule has 1 aliphatic heterocycles. The minimum Gasteiger partial charge on any atom is -0.404 e. The second-order valence-electron chi connectivity index (χ2n) is 14.1. The Balaban J connectivity index is 1.30. The van der Waals surface area contributed by atoms with Gasteiger partial charge in [0.15, 0.2) is 0 Å². The predicted molar refractivity (Wildman–Crippen MR) is 174 cm³/mol. The van der Waals surface area contributed by atoms with E-state index < -0.39 is 24.7 Å². The van der Waals surface area contributed by atoms with Gasteiger partial charge in [0.1, 0.15) is 6.04 Å². The summed E-state index contributed by atoms with van der Waals surface area (Å²) in [6.45, 7) is 13.1. The van der Waals surface area contributed by atoms with Crippen LogP contribution in [0.2, 0.25) is 0 Å². The zero-order valence-corrected chi connectivity index (χ0v) is 27.8. The number of amides is 3. The van der Waals surface area contributed by atoms with Crippen LogP contribution in [0.3, 0.4) is 0 Å². The molecule has 0 spiro atoms. The zero-order valence-electron chi connectivity index (χ0n) is 27.0. The van der Waals surface area contributed by atoms with Gasteiger partial charge in [-0.15, -0.1) is 11.3 Å². The van der Waals surface area contributed by atoms with Gasteiger partial charge in [0, 0.05) is 12.1 Å². The molecule has 3 N–H and O–H groups in total. The highest BCUT2D eigenvalue weighted by atomic mass is 32.1. The molecule has 1 aromatic carbocycles. The lowest BCUT2D eigenvalue weighted by Crippen LogP contribution is -2.65. The first-order chi connectivity index (χ1) is 20.9. The molecule has 1 aromatic heterocycles. The second-order valence-corrected chi connectivity index (χ2v) is 15.0. The summed E-state index contributed by atoms with van der Waals surface area (Å²) in [4.78, 5) is 40.6. The lowest BCUT2D eigenvalue weighted by Gasteiger charge is -2.64. The fourth-order valence-corrected chi connectivity index (χ4v) is 8.08. The molecule has 3 amide bonds. The second kappa shape index (κ2) is 13.4. The van der Waals surface area contributed by atoms with Crippen molar-refractivity contribution in [3.05, 3.63) is 57.8 Å². The van der Waals surface area contributed by atoms with E-state index in [9.17, 15) is 14.4 Å². The third kappa shape index (κ3) is 6.77. The first-order valence-corrected chi connectivity index (χ1v) is 17.2. The lowest BCUT2D eigenvalue weighted by molar-refractivity contribution is -0.199. The minimum absolute atomic E-state index is 0.00304. The number of nitrogens with one attached hydrogen (secondary N) is 3. The highest BCUT2D eigenvalue weighted by Crippen LogP contribution is 2.65. The van der Waals surface area contributed by atoms with Gasteiger partial charge in [0.2, 0.25) is 5.91 Å². The molecule has 2 aromatic rings. The van der Waals surface area contributed by atoms with Gasteiger partial charge in [-0.05, 0) is 91.3 Å². The van der Waals surface area contributed by atoms with Crippen LogP contribution in [0.1, 0.15) is 99.2 Å². The Morgan fingerprint density at radius 3 is 2.43 bits per heavy atom. The quantitative estimate of drug-likeness (QED) is 0.259. The van der Waals surface area contributed by atoms with Crippen LogP contribution < -0.4 is 16.0 Å². The van der Waals surface area contributed by atoms with Crippen molar-refractivity contribution in [1.82, 2.24) is 16.0 Å². The number of aryl methyl sites for hydroxylation is 1. The van der Waals surface area contributed by atoms with Gasteiger partial charge >= 0.3 is 7.12 Å². The number of thiophene rings is 1. The van der Waals surface area contributed by atoms with Gasteiger partial charge in [-0.2, -0.15) is 0 Å². The summed E-state index contributed by atoms with van der Waals surface area (Å²) in [5.41, 5.74) is 1.45. The largest absolute Gasteiger partial charge is 0.481 e. The molecular formula is C34H48BN3O5S. The first-order valence-electron chi connectivity index (χ1n) is 16.3. The maximum Gasteiger partial charge on any atom is 0.481 e. The smallest absolute Gasteiger partial charge is 0.404 e. The topological polar surface area (TPSA) is 106 Å². The predicted octanol–water partition coefficient (Wildman–Crippen LogP) is 5.42. The Hall–Kier alpha value is -2.69. The molecule has 3 saturated carbocycles. The fraction of sp³-hybridized carbons (Fsp3) is 0.618. The molecular weight excluding hydrogens is 573 g/mol. The molecule has 3 unspecified atom stereocenters. The van der Waals surface area contributed by atoms with Gasteiger partial charge in [0.25, 0.3) is 11.8 Å². The lowest BCUT2D eigenvalue weighted by atomic mass is 9.43. The summed E-state index contributed by atoms with van der Waals surface area (Å²) < 4.78 is 13.3. The third-order valence-corrected chi connectivity index (χ3v) is 11.1. The Bertz CT molecular complexity index is 1320. The van der Waals surface area contributed by atoms with E-state index in [1.807, 2.05) is 17.5 Å². The third-order valence-electron chi connectivity index (χ3n) is 10.2. The maximum absolute atomic E-state index is 13.9. The van der Waals surface area contributed by atoms with E-state index in [4.69, 9.17) is 9.31 Å². The van der Waals surface area contributed by atoms with Crippen molar-refractivity contribution < 1.29 is 23.7 Å². The van der Waals surface area contributed by atoms with Gasteiger partial charge < -0.3 is 25.3 Å². The van der Waals surface area contributed by atoms with Crippen molar-refractivity contribution in [2.24, 2.45) is 23.2 Å². The molecule has 44 heavy (non-hydrogen) atoms. The van der Waals surface area contributed by atoms with Crippen molar-refractivity contribution in [3.8, 4) is 0 Å². The highest BCUT2D eigenvalue weighted by molar-refractivity contribution is 7.12. The number of rotatable bonds is 13. The van der Waals surface area contributed by atoms with E-state index in [2.05, 4.69) is 57.5 Å². The standard InChI is InChI=1S/C34H48BN3O5S/c1-7-8-10-22-12-14-23(15-13-22)30(39)37-25(20-36-32(41)26-11-9-16-44-26)31(40)38-29(17-21(2)3)35-42-28-19-24-18-27(33(24,4)5)34(28,6)43-35/h9,11-16,21,24-25,27-29H,7-8,10,17-20H2,1-6H3,(H,36,41)(H,37,39)(H,38,40)/t24?,25-,27-,28?,29?,34-/m0/s1. The van der Waals surface area contributed by atoms with Crippen LogP contribution in [0, 0.1) is 23.2 Å². The van der Waals surface area contributed by atoms with Crippen LogP contribution in [0.15, 0.2) is 41.8 Å². The molecule has 8 nitrogen and oxygen atoms in total. The molecule has 6 atom stereocenters. The monoisotopic (exact) mass is 621 g/mol. The van der Waals surface area contributed by atoms with E-state index >= 15 is 0 Å². The normalized spacial score (nSPS) is 26.3. The van der Waals surface area contributed by atoms with E-state index in [1.165, 1.54) is 16.9 Å². The van der Waals surface area contributed by atoms with Crippen LogP contribution in [0.25, 0.3) is 0 Å². The number of unbranched alkanes of at least 4 members (excludes halogenated alkanes) is 1. The van der Waals surface area contributed by atoms with Crippen LogP contribution in [-0.4, -0.2) is 55.1 Å². The van der Waals surface area contributed by atoms with Crippen molar-refractivity contribution in [3.63, 3.8) is 0 Å². The van der Waals surface area contributed by atoms with Crippen LogP contribution >= 0.6 is 11.3 Å². The molecule has 0 radical (unpaired) electrons. The van der Waals surface area contributed by atoms with Gasteiger partial charge in [0.05, 0.1) is 22.5 Å². The molecule has 238 valence electrons. The summed E-state index contributed by atoms with van der Waals surface area (Å²) in [7, 11) is -0.584. The Kier molecular flexibility index (Phi) is 9.92. The van der Waals surface area contributed by atoms with E-state index in [0.717, 1.165) is 32.1 Å². The molecule has 4 aliphatic rings. The van der Waals surface area contributed by atoms with Crippen molar-refractivity contribution in [2.45, 2.75) is 104 Å². The summed E-state index contributed by atoms with van der Waals surface area (Å²) in [6.07, 6.45) is 5.90. The average Bonchev–Trinajstić information content (AvgIpc) is 3.65. The van der Waals surface area contributed by atoms with Gasteiger partial charge in [-0.25, -0.2) is 0 Å². The number of hydrogen-bond donors (Lipinski definition) is 3. The van der Waals surface area contributed by atoms with E-state index in [-0.39, 0.29) is 41.7 Å². The SMILES string of the molecule is CCCCc1ccc(C(=O)N[C@@H](CNC(=O)c2cccs2)C(=O)NC(CC(C)C)B2OC3CC4C[C@@H](C4(C)C)[C@]3(C)O2)cc1. The Labute approximate surface area is 266 Å². The summed E-state index contributed by atoms with van der Waals surface area (Å²) in [5.74, 6) is -0.141. The number of benzene rings is 1. The van der Waals surface area contributed by atoms with Crippen molar-refractivity contribution >= 4 is 36.2 Å². The Morgan fingerprint density at radius 1 is 1.05 bits per heavy atom. The number of carbonyl (C=O) groups excluding carboxylic acids is 3. The van der Waals surface area contributed by atoms with Crippen molar-refractivity contribution in [2.75, 3.05) is 6.54 Å². The average molecular weight is 622 g/mol. The summed E-state index contributed by atoms with van der Waals surface area (Å²) in [5, 5.41) is 10.7. The summed E-state index contributed by atoms with van der Waals surface area (Å²) in [6, 6.07) is 10.0. The zero-order chi connectivity index (χ0) is 31.6. The molecule has 2 bridgehead atoms. The van der Waals surface area contributed by atoms with Crippen LogP contribution in [0.5, 0.6) is 0 Å². The number of hydrogen-bond acceptors (Lipinski definition) is 6. The van der Waals surface area contributed by atoms with E-state index in [1.54, 1.807) is 24.3 Å².